The highest BCUT2D eigenvalue weighted by Crippen LogP contribution is 2.36. The first-order valence-corrected chi connectivity index (χ1v) is 8.67. The SMILES string of the molecule is FOCC(P)COCc1ccc2ccc3cccc4ccc1c2c34. The summed E-state index contributed by atoms with van der Waals surface area (Å²) in [6.07, 6.45) is 0. The quantitative estimate of drug-likeness (QED) is 0.353. The van der Waals surface area contributed by atoms with E-state index in [1.165, 1.54) is 32.3 Å². The second-order valence-corrected chi connectivity index (χ2v) is 7.07. The Morgan fingerprint density at radius 1 is 0.833 bits per heavy atom. The molecule has 0 saturated heterocycles. The lowest BCUT2D eigenvalue weighted by molar-refractivity contribution is -0.134. The van der Waals surface area contributed by atoms with Crippen molar-refractivity contribution in [2.24, 2.45) is 0 Å². The molecule has 4 rings (SSSR count). The molecule has 0 aliphatic rings. The molecule has 2 atom stereocenters. The van der Waals surface area contributed by atoms with Crippen LogP contribution in [0.4, 0.5) is 4.53 Å². The molecule has 2 unspecified atom stereocenters. The minimum absolute atomic E-state index is 0.0309. The van der Waals surface area contributed by atoms with Gasteiger partial charge in [0.2, 0.25) is 0 Å². The van der Waals surface area contributed by atoms with Crippen LogP contribution in [0.25, 0.3) is 32.3 Å². The summed E-state index contributed by atoms with van der Waals surface area (Å²) in [5.41, 5.74) is 1.11. The van der Waals surface area contributed by atoms with Crippen molar-refractivity contribution >= 4 is 41.6 Å². The summed E-state index contributed by atoms with van der Waals surface area (Å²) < 4.78 is 17.6. The highest BCUT2D eigenvalue weighted by atomic mass is 31.0. The van der Waals surface area contributed by atoms with Crippen LogP contribution in [-0.4, -0.2) is 18.9 Å². The van der Waals surface area contributed by atoms with Gasteiger partial charge >= 0.3 is 0 Å². The van der Waals surface area contributed by atoms with Gasteiger partial charge in [-0.3, -0.25) is 0 Å². The van der Waals surface area contributed by atoms with Crippen molar-refractivity contribution in [2.45, 2.75) is 12.3 Å². The van der Waals surface area contributed by atoms with Crippen molar-refractivity contribution in [1.29, 1.82) is 0 Å². The van der Waals surface area contributed by atoms with E-state index in [4.69, 9.17) is 4.74 Å². The summed E-state index contributed by atoms with van der Waals surface area (Å²) in [6.45, 7) is 0.977. The highest BCUT2D eigenvalue weighted by Gasteiger charge is 2.11. The van der Waals surface area contributed by atoms with Crippen LogP contribution in [0.1, 0.15) is 5.56 Å². The molecule has 0 aromatic heterocycles. The molecule has 122 valence electrons. The first-order chi connectivity index (χ1) is 11.8. The molecule has 2 nitrogen and oxygen atoms in total. The first kappa shape index (κ1) is 15.7. The molecule has 0 bridgehead atoms. The van der Waals surface area contributed by atoms with Crippen LogP contribution < -0.4 is 0 Å². The third-order valence-corrected chi connectivity index (χ3v) is 4.87. The summed E-state index contributed by atoms with van der Waals surface area (Å²) in [5.74, 6) is 0. The predicted octanol–water partition coefficient (Wildman–Crippen LogP) is 5.25. The molecule has 4 heteroatoms. The van der Waals surface area contributed by atoms with Gasteiger partial charge in [0.15, 0.2) is 0 Å². The lowest BCUT2D eigenvalue weighted by Gasteiger charge is -2.15. The zero-order chi connectivity index (χ0) is 16.5. The fraction of sp³-hybridized carbons (Fsp3) is 0.200. The molecule has 0 saturated carbocycles. The van der Waals surface area contributed by atoms with E-state index < -0.39 is 0 Å². The summed E-state index contributed by atoms with van der Waals surface area (Å²) in [4.78, 5) is 3.65. The topological polar surface area (TPSA) is 18.5 Å². The van der Waals surface area contributed by atoms with Crippen LogP contribution in [0.5, 0.6) is 0 Å². The molecule has 0 amide bonds. The second kappa shape index (κ2) is 6.60. The average Bonchev–Trinajstić information content (AvgIpc) is 2.61. The summed E-state index contributed by atoms with van der Waals surface area (Å²) in [5, 5.41) is 7.58. The Balaban J connectivity index is 1.74. The van der Waals surface area contributed by atoms with Crippen LogP contribution in [0.3, 0.4) is 0 Å². The summed E-state index contributed by atoms with van der Waals surface area (Å²) >= 11 is 0. The summed E-state index contributed by atoms with van der Waals surface area (Å²) in [7, 11) is 2.54. The van der Waals surface area contributed by atoms with E-state index in [-0.39, 0.29) is 12.3 Å². The number of halogens is 1. The van der Waals surface area contributed by atoms with Crippen LogP contribution in [0.15, 0.2) is 54.6 Å². The van der Waals surface area contributed by atoms with Crippen LogP contribution in [-0.2, 0) is 16.3 Å². The maximum Gasteiger partial charge on any atom is 0.0960 e. The van der Waals surface area contributed by atoms with Crippen molar-refractivity contribution in [3.63, 3.8) is 0 Å². The number of benzene rings is 4. The number of ether oxygens (including phenoxy) is 1. The predicted molar refractivity (Wildman–Crippen MR) is 100 cm³/mol. The molecule has 4 aromatic carbocycles. The Labute approximate surface area is 142 Å². The van der Waals surface area contributed by atoms with E-state index in [1.807, 2.05) is 0 Å². The lowest BCUT2D eigenvalue weighted by atomic mass is 9.92. The number of hydrogen-bond donors (Lipinski definition) is 0. The number of rotatable bonds is 6. The Kier molecular flexibility index (Phi) is 4.32. The van der Waals surface area contributed by atoms with Gasteiger partial charge in [0.1, 0.15) is 0 Å². The molecule has 0 heterocycles. The minimum atomic E-state index is -0.0465. The fourth-order valence-corrected chi connectivity index (χ4v) is 3.58. The van der Waals surface area contributed by atoms with E-state index in [0.717, 1.165) is 5.56 Å². The van der Waals surface area contributed by atoms with Crippen LogP contribution in [0.2, 0.25) is 0 Å². The van der Waals surface area contributed by atoms with Crippen LogP contribution >= 0.6 is 9.24 Å². The van der Waals surface area contributed by atoms with E-state index in [9.17, 15) is 4.53 Å². The van der Waals surface area contributed by atoms with Gasteiger partial charge in [0.05, 0.1) is 19.8 Å². The molecule has 0 N–H and O–H groups in total. The van der Waals surface area contributed by atoms with Gasteiger partial charge in [-0.1, -0.05) is 54.6 Å². The smallest absolute Gasteiger partial charge is 0.0960 e. The third-order valence-electron chi connectivity index (χ3n) is 4.49. The largest absolute Gasteiger partial charge is 0.376 e. The normalized spacial score (nSPS) is 13.2. The molecule has 0 aliphatic carbocycles. The van der Waals surface area contributed by atoms with Gasteiger partial charge in [-0.25, -0.2) is 0 Å². The molecule has 0 radical (unpaired) electrons. The van der Waals surface area contributed by atoms with E-state index in [2.05, 4.69) is 68.8 Å². The van der Waals surface area contributed by atoms with Gasteiger partial charge in [-0.2, -0.15) is 4.94 Å². The van der Waals surface area contributed by atoms with Crippen molar-refractivity contribution in [1.82, 2.24) is 0 Å². The monoisotopic (exact) mass is 340 g/mol. The van der Waals surface area contributed by atoms with Gasteiger partial charge in [0, 0.05) is 5.66 Å². The van der Waals surface area contributed by atoms with Gasteiger partial charge < -0.3 is 4.74 Å². The van der Waals surface area contributed by atoms with E-state index in [1.54, 1.807) is 0 Å². The molecular formula is C20H18FO2P. The maximum absolute atomic E-state index is 11.9. The van der Waals surface area contributed by atoms with Crippen molar-refractivity contribution in [2.75, 3.05) is 13.2 Å². The van der Waals surface area contributed by atoms with Gasteiger partial charge in [-0.15, -0.1) is 9.24 Å². The Morgan fingerprint density at radius 2 is 1.50 bits per heavy atom. The molecule has 0 aliphatic heterocycles. The molecule has 4 aromatic rings. The van der Waals surface area contributed by atoms with Crippen LogP contribution in [0, 0.1) is 0 Å². The van der Waals surface area contributed by atoms with E-state index >= 15 is 0 Å². The van der Waals surface area contributed by atoms with Crippen molar-refractivity contribution in [3.8, 4) is 0 Å². The van der Waals surface area contributed by atoms with Gasteiger partial charge in [0.25, 0.3) is 0 Å². The number of hydrogen-bond acceptors (Lipinski definition) is 2. The average molecular weight is 340 g/mol. The zero-order valence-electron chi connectivity index (χ0n) is 13.2. The zero-order valence-corrected chi connectivity index (χ0v) is 14.3. The maximum atomic E-state index is 11.9. The fourth-order valence-electron chi connectivity index (χ4n) is 3.37. The van der Waals surface area contributed by atoms with E-state index in [0.29, 0.717) is 13.2 Å². The lowest BCUT2D eigenvalue weighted by Crippen LogP contribution is -2.13. The third kappa shape index (κ3) is 2.73. The van der Waals surface area contributed by atoms with Gasteiger partial charge in [-0.05, 0) is 42.4 Å². The minimum Gasteiger partial charge on any atom is -0.376 e. The van der Waals surface area contributed by atoms with Crippen molar-refractivity contribution < 1.29 is 14.2 Å². The Bertz CT molecular complexity index is 969. The molecule has 24 heavy (non-hydrogen) atoms. The standard InChI is InChI=1S/C20H18FO2P/c21-23-12-17(24)11-22-10-16-7-6-15-5-4-13-2-1-3-14-8-9-18(16)20(15)19(13)14/h1-9,17H,10-12,24H2. The highest BCUT2D eigenvalue weighted by molar-refractivity contribution is 7.17. The first-order valence-electron chi connectivity index (χ1n) is 8.00. The van der Waals surface area contributed by atoms with Crippen molar-refractivity contribution in [3.05, 3.63) is 60.2 Å². The summed E-state index contributed by atoms with van der Waals surface area (Å²) in [6, 6.07) is 19.4. The second-order valence-electron chi connectivity index (χ2n) is 6.13. The Morgan fingerprint density at radius 3 is 2.25 bits per heavy atom. The molecule has 0 fully saturated rings. The molecular weight excluding hydrogens is 322 g/mol. The Hall–Kier alpha value is -1.80. The molecule has 0 spiro atoms.